The second-order valence-corrected chi connectivity index (χ2v) is 6.91. The monoisotopic (exact) mass is 330 g/mol. The molecule has 2 aliphatic rings. The fraction of sp³-hybridized carbons (Fsp3) is 0.579. The molecule has 2 fully saturated rings. The van der Waals surface area contributed by atoms with E-state index in [1.54, 1.807) is 0 Å². The fourth-order valence-electron chi connectivity index (χ4n) is 3.44. The number of rotatable bonds is 5. The van der Waals surface area contributed by atoms with Crippen LogP contribution in [0.3, 0.4) is 0 Å². The van der Waals surface area contributed by atoms with E-state index in [1.165, 1.54) is 0 Å². The zero-order valence-corrected chi connectivity index (χ0v) is 14.3. The Bertz CT molecular complexity index is 608. The zero-order chi connectivity index (χ0) is 17.0. The molecule has 0 unspecified atom stereocenters. The van der Waals surface area contributed by atoms with Crippen LogP contribution in [-0.4, -0.2) is 35.5 Å². The van der Waals surface area contributed by atoms with Gasteiger partial charge in [0.1, 0.15) is 5.60 Å². The van der Waals surface area contributed by atoms with Crippen molar-refractivity contribution in [3.63, 3.8) is 0 Å². The topological polar surface area (TPSA) is 58.6 Å². The van der Waals surface area contributed by atoms with E-state index in [0.29, 0.717) is 26.1 Å². The first-order valence-electron chi connectivity index (χ1n) is 8.85. The minimum absolute atomic E-state index is 0.0470. The molecular weight excluding hydrogens is 304 g/mol. The van der Waals surface area contributed by atoms with Crippen LogP contribution < -0.4 is 5.32 Å². The number of likely N-dealkylation sites (tertiary alicyclic amines) is 1. The number of hydrogen-bond donors (Lipinski definition) is 1. The second-order valence-electron chi connectivity index (χ2n) is 6.91. The van der Waals surface area contributed by atoms with Crippen LogP contribution >= 0.6 is 0 Å². The molecule has 1 atom stereocenters. The highest BCUT2D eigenvalue weighted by atomic mass is 16.5. The number of carbonyl (C=O) groups excluding carboxylic acids is 2. The molecule has 0 bridgehead atoms. The van der Waals surface area contributed by atoms with Gasteiger partial charge in [-0.05, 0) is 43.7 Å². The highest BCUT2D eigenvalue weighted by Gasteiger charge is 2.35. The summed E-state index contributed by atoms with van der Waals surface area (Å²) in [6.45, 7) is 4.44. The van der Waals surface area contributed by atoms with E-state index in [-0.39, 0.29) is 11.8 Å². The maximum Gasteiger partial charge on any atom is 0.252 e. The average molecular weight is 330 g/mol. The Kier molecular flexibility index (Phi) is 5.19. The van der Waals surface area contributed by atoms with Gasteiger partial charge in [-0.15, -0.1) is 0 Å². The minimum Gasteiger partial charge on any atom is -0.365 e. The molecule has 0 spiro atoms. The third kappa shape index (κ3) is 3.78. The summed E-state index contributed by atoms with van der Waals surface area (Å²) >= 11 is 0. The van der Waals surface area contributed by atoms with Gasteiger partial charge in [-0.25, -0.2) is 0 Å². The van der Waals surface area contributed by atoms with Crippen molar-refractivity contribution in [2.24, 2.45) is 0 Å². The quantitative estimate of drug-likeness (QED) is 0.902. The first-order valence-corrected chi connectivity index (χ1v) is 8.85. The van der Waals surface area contributed by atoms with Gasteiger partial charge in [0.15, 0.2) is 0 Å². The van der Waals surface area contributed by atoms with Crippen LogP contribution in [0, 0.1) is 0 Å². The lowest BCUT2D eigenvalue weighted by molar-refractivity contribution is -0.150. The van der Waals surface area contributed by atoms with Crippen LogP contribution in [0.4, 0.5) is 0 Å². The van der Waals surface area contributed by atoms with Gasteiger partial charge < -0.3 is 15.0 Å². The van der Waals surface area contributed by atoms with E-state index < -0.39 is 5.60 Å². The molecule has 3 rings (SSSR count). The molecule has 1 aromatic rings. The van der Waals surface area contributed by atoms with Gasteiger partial charge >= 0.3 is 0 Å². The molecule has 2 saturated heterocycles. The summed E-state index contributed by atoms with van der Waals surface area (Å²) in [7, 11) is 0. The molecule has 5 heteroatoms. The summed E-state index contributed by atoms with van der Waals surface area (Å²) in [5.41, 5.74) is 1.45. The molecule has 0 radical (unpaired) electrons. The summed E-state index contributed by atoms with van der Waals surface area (Å²) in [5, 5.41) is 3.02. The van der Waals surface area contributed by atoms with E-state index in [0.717, 1.165) is 43.4 Å². The van der Waals surface area contributed by atoms with E-state index in [4.69, 9.17) is 4.74 Å². The summed E-state index contributed by atoms with van der Waals surface area (Å²) < 4.78 is 5.70. The smallest absolute Gasteiger partial charge is 0.252 e. The van der Waals surface area contributed by atoms with Gasteiger partial charge in [-0.2, -0.15) is 0 Å². The summed E-state index contributed by atoms with van der Waals surface area (Å²) in [5.74, 6) is 0.172. The van der Waals surface area contributed by atoms with E-state index in [2.05, 4.69) is 5.32 Å². The number of carbonyl (C=O) groups is 2. The predicted molar refractivity (Wildman–Crippen MR) is 91.1 cm³/mol. The van der Waals surface area contributed by atoms with Crippen molar-refractivity contribution in [3.05, 3.63) is 35.4 Å². The number of hydrogen-bond acceptors (Lipinski definition) is 3. The Morgan fingerprint density at radius 2 is 2.04 bits per heavy atom. The molecule has 2 aliphatic heterocycles. The van der Waals surface area contributed by atoms with Crippen LogP contribution in [0.2, 0.25) is 0 Å². The Morgan fingerprint density at radius 3 is 2.71 bits per heavy atom. The van der Waals surface area contributed by atoms with Gasteiger partial charge in [0.2, 0.25) is 5.91 Å². The molecule has 24 heavy (non-hydrogen) atoms. The Labute approximate surface area is 143 Å². The third-order valence-electron chi connectivity index (χ3n) is 5.04. The minimum atomic E-state index is -0.710. The van der Waals surface area contributed by atoms with Gasteiger partial charge in [-0.1, -0.05) is 24.3 Å². The summed E-state index contributed by atoms with van der Waals surface area (Å²) in [6.07, 6.45) is 4.40. The van der Waals surface area contributed by atoms with Gasteiger partial charge in [0, 0.05) is 32.7 Å². The van der Waals surface area contributed by atoms with Crippen molar-refractivity contribution in [1.29, 1.82) is 0 Å². The number of ether oxygens (including phenoxy) is 1. The van der Waals surface area contributed by atoms with Crippen LogP contribution in [0.1, 0.15) is 50.2 Å². The number of benzene rings is 1. The largest absolute Gasteiger partial charge is 0.365 e. The SMILES string of the molecule is C[C@]1(C(=O)NCc2ccccc2CN2CCCC2=O)CCCCO1. The van der Waals surface area contributed by atoms with Gasteiger partial charge in [0.05, 0.1) is 0 Å². The van der Waals surface area contributed by atoms with Crippen LogP contribution in [0.25, 0.3) is 0 Å². The van der Waals surface area contributed by atoms with Crippen LogP contribution in [0.5, 0.6) is 0 Å². The lowest BCUT2D eigenvalue weighted by Crippen LogP contribution is -2.48. The summed E-state index contributed by atoms with van der Waals surface area (Å²) in [4.78, 5) is 26.2. The normalized spacial score (nSPS) is 24.2. The molecule has 1 aromatic carbocycles. The molecule has 0 aromatic heterocycles. The zero-order valence-electron chi connectivity index (χ0n) is 14.3. The number of nitrogens with one attached hydrogen (secondary N) is 1. The van der Waals surface area contributed by atoms with Crippen LogP contribution in [0.15, 0.2) is 24.3 Å². The Balaban J connectivity index is 1.62. The third-order valence-corrected chi connectivity index (χ3v) is 5.04. The van der Waals surface area contributed by atoms with Gasteiger partial charge in [-0.3, -0.25) is 9.59 Å². The van der Waals surface area contributed by atoms with Crippen LogP contribution in [-0.2, 0) is 27.4 Å². The van der Waals surface area contributed by atoms with E-state index >= 15 is 0 Å². The van der Waals surface area contributed by atoms with Crippen molar-refractivity contribution >= 4 is 11.8 Å². The van der Waals surface area contributed by atoms with Crippen molar-refractivity contribution in [3.8, 4) is 0 Å². The molecule has 2 heterocycles. The molecular formula is C19H26N2O3. The average Bonchev–Trinajstić information content (AvgIpc) is 2.99. The lowest BCUT2D eigenvalue weighted by Gasteiger charge is -2.32. The predicted octanol–water partition coefficient (Wildman–Crippen LogP) is 2.38. The molecule has 0 aliphatic carbocycles. The summed E-state index contributed by atoms with van der Waals surface area (Å²) in [6, 6.07) is 7.99. The standard InChI is InChI=1S/C19H26N2O3/c1-19(10-4-5-12-24-19)18(23)20-13-15-7-2-3-8-16(15)14-21-11-6-9-17(21)22/h2-3,7-8H,4-6,9-14H2,1H3,(H,20,23)/t19-/m1/s1. The Hall–Kier alpha value is -1.88. The molecule has 2 amide bonds. The molecule has 130 valence electrons. The second kappa shape index (κ2) is 7.34. The molecule has 5 nitrogen and oxygen atoms in total. The fourth-order valence-corrected chi connectivity index (χ4v) is 3.44. The van der Waals surface area contributed by atoms with Crippen molar-refractivity contribution in [2.75, 3.05) is 13.2 Å². The lowest BCUT2D eigenvalue weighted by atomic mass is 9.95. The number of nitrogens with zero attached hydrogens (tertiary/aromatic N) is 1. The molecule has 0 saturated carbocycles. The maximum absolute atomic E-state index is 12.5. The Morgan fingerprint density at radius 1 is 1.25 bits per heavy atom. The first kappa shape index (κ1) is 17.0. The van der Waals surface area contributed by atoms with E-state index in [9.17, 15) is 9.59 Å². The maximum atomic E-state index is 12.5. The first-order chi connectivity index (χ1) is 11.6. The molecule has 1 N–H and O–H groups in total. The highest BCUT2D eigenvalue weighted by molar-refractivity contribution is 5.84. The van der Waals surface area contributed by atoms with Gasteiger partial charge in [0.25, 0.3) is 5.91 Å². The van der Waals surface area contributed by atoms with Crippen molar-refractivity contribution in [1.82, 2.24) is 10.2 Å². The van der Waals surface area contributed by atoms with Crippen molar-refractivity contribution < 1.29 is 14.3 Å². The van der Waals surface area contributed by atoms with E-state index in [1.807, 2.05) is 36.1 Å². The van der Waals surface area contributed by atoms with Crippen molar-refractivity contribution in [2.45, 2.75) is 57.7 Å². The highest BCUT2D eigenvalue weighted by Crippen LogP contribution is 2.25. The number of amides is 2.